The van der Waals surface area contributed by atoms with E-state index in [0.717, 1.165) is 49.5 Å². The zero-order valence-corrected chi connectivity index (χ0v) is 22.2. The van der Waals surface area contributed by atoms with Crippen molar-refractivity contribution in [3.05, 3.63) is 84.1 Å². The van der Waals surface area contributed by atoms with Crippen LogP contribution >= 0.6 is 0 Å². The monoisotopic (exact) mass is 502 g/mol. The van der Waals surface area contributed by atoms with Crippen LogP contribution in [0.3, 0.4) is 0 Å². The lowest BCUT2D eigenvalue weighted by molar-refractivity contribution is -0.127. The second-order valence-corrected chi connectivity index (χ2v) is 9.58. The van der Waals surface area contributed by atoms with E-state index in [1.54, 1.807) is 11.0 Å². The topological polar surface area (TPSA) is 65.1 Å². The van der Waals surface area contributed by atoms with Gasteiger partial charge in [0.05, 0.1) is 23.9 Å². The third-order valence-electron chi connectivity index (χ3n) is 7.25. The summed E-state index contributed by atoms with van der Waals surface area (Å²) in [5.74, 6) is 1.37. The van der Waals surface area contributed by atoms with E-state index in [4.69, 9.17) is 4.74 Å². The molecule has 2 heterocycles. The molecule has 0 saturated carbocycles. The molecule has 2 atom stereocenters. The summed E-state index contributed by atoms with van der Waals surface area (Å²) in [6.07, 6.45) is 3.63. The quantitative estimate of drug-likeness (QED) is 0.398. The van der Waals surface area contributed by atoms with Gasteiger partial charge in [-0.3, -0.25) is 9.69 Å². The van der Waals surface area contributed by atoms with E-state index in [1.807, 2.05) is 59.5 Å². The Bertz CT molecular complexity index is 1140. The minimum Gasteiger partial charge on any atom is -0.457 e. The van der Waals surface area contributed by atoms with Gasteiger partial charge in [-0.15, -0.1) is 6.58 Å². The number of nitrogens with one attached hydrogen (secondary N) is 1. The third kappa shape index (κ3) is 5.88. The van der Waals surface area contributed by atoms with E-state index >= 15 is 0 Å². The van der Waals surface area contributed by atoms with Crippen LogP contribution in [0.1, 0.15) is 45.2 Å². The van der Waals surface area contributed by atoms with Gasteiger partial charge >= 0.3 is 6.03 Å². The maximum Gasteiger partial charge on any atom is 0.322 e. The van der Waals surface area contributed by atoms with Gasteiger partial charge < -0.3 is 19.9 Å². The van der Waals surface area contributed by atoms with Crippen LogP contribution in [0.4, 0.5) is 4.79 Å². The lowest BCUT2D eigenvalue weighted by Crippen LogP contribution is -2.47. The maximum absolute atomic E-state index is 13.8. The van der Waals surface area contributed by atoms with E-state index in [0.29, 0.717) is 24.4 Å². The molecule has 37 heavy (non-hydrogen) atoms. The van der Waals surface area contributed by atoms with Crippen LogP contribution < -0.4 is 10.1 Å². The number of urea groups is 1. The van der Waals surface area contributed by atoms with Gasteiger partial charge in [-0.05, 0) is 69.2 Å². The van der Waals surface area contributed by atoms with E-state index in [2.05, 4.69) is 37.6 Å². The SMILES string of the molecule is C=CCN1C(=O)NC(c2cccc(Oc3ccccc3)c2)C2=C1CN(C(C)CCCN(CC)CC)C2=O. The normalized spacial score (nSPS) is 18.2. The van der Waals surface area contributed by atoms with Crippen LogP contribution in [0.2, 0.25) is 0 Å². The standard InChI is InChI=1S/C30H38N4O3/c1-5-18-33-26-21-34(22(4)13-12-19-32(6-2)7-3)29(35)27(26)28(31-30(33)36)23-14-11-17-25(20-23)37-24-15-9-8-10-16-24/h5,8-11,14-17,20,22,28H,1,6-7,12-13,18-19,21H2,2-4H3,(H,31,36). The fraction of sp³-hybridized carbons (Fsp3) is 0.400. The Hall–Kier alpha value is -3.58. The zero-order valence-electron chi connectivity index (χ0n) is 22.2. The summed E-state index contributed by atoms with van der Waals surface area (Å²) in [7, 11) is 0. The van der Waals surface area contributed by atoms with Crippen molar-refractivity contribution in [3.8, 4) is 11.5 Å². The van der Waals surface area contributed by atoms with Crippen molar-refractivity contribution in [3.63, 3.8) is 0 Å². The van der Waals surface area contributed by atoms with Crippen LogP contribution in [0.15, 0.2) is 78.5 Å². The number of ether oxygens (including phenoxy) is 1. The largest absolute Gasteiger partial charge is 0.457 e. The second kappa shape index (κ2) is 12.1. The molecule has 2 unspecified atom stereocenters. The fourth-order valence-corrected chi connectivity index (χ4v) is 5.13. The maximum atomic E-state index is 13.8. The van der Waals surface area contributed by atoms with Gasteiger partial charge in [0.15, 0.2) is 0 Å². The predicted octanol–water partition coefficient (Wildman–Crippen LogP) is 5.34. The summed E-state index contributed by atoms with van der Waals surface area (Å²) in [5.41, 5.74) is 2.22. The van der Waals surface area contributed by atoms with Gasteiger partial charge in [-0.1, -0.05) is 50.3 Å². The number of carbonyl (C=O) groups is 2. The average molecular weight is 503 g/mol. The molecule has 7 nitrogen and oxygen atoms in total. The van der Waals surface area contributed by atoms with Crippen molar-refractivity contribution >= 4 is 11.9 Å². The van der Waals surface area contributed by atoms with Crippen molar-refractivity contribution in [1.29, 1.82) is 0 Å². The van der Waals surface area contributed by atoms with E-state index < -0.39 is 6.04 Å². The van der Waals surface area contributed by atoms with Crippen LogP contribution in [-0.4, -0.2) is 65.4 Å². The average Bonchev–Trinajstić information content (AvgIpc) is 3.26. The number of nitrogens with zero attached hydrogens (tertiary/aromatic N) is 3. The van der Waals surface area contributed by atoms with Gasteiger partial charge in [0, 0.05) is 12.6 Å². The number of rotatable bonds is 12. The summed E-state index contributed by atoms with van der Waals surface area (Å²) in [4.78, 5) is 32.9. The second-order valence-electron chi connectivity index (χ2n) is 9.58. The molecule has 4 rings (SSSR count). The minimum atomic E-state index is -0.539. The summed E-state index contributed by atoms with van der Waals surface area (Å²) >= 11 is 0. The smallest absolute Gasteiger partial charge is 0.322 e. The van der Waals surface area contributed by atoms with Gasteiger partial charge in [0.1, 0.15) is 11.5 Å². The Morgan fingerprint density at radius 1 is 1.11 bits per heavy atom. The van der Waals surface area contributed by atoms with E-state index in [9.17, 15) is 9.59 Å². The Labute approximate surface area is 220 Å². The highest BCUT2D eigenvalue weighted by Gasteiger charge is 2.44. The lowest BCUT2D eigenvalue weighted by atomic mass is 9.95. The first-order valence-corrected chi connectivity index (χ1v) is 13.2. The minimum absolute atomic E-state index is 0.0150. The van der Waals surface area contributed by atoms with E-state index in [-0.39, 0.29) is 18.0 Å². The molecule has 1 N–H and O–H groups in total. The molecule has 2 aliphatic heterocycles. The molecule has 0 saturated heterocycles. The highest BCUT2D eigenvalue weighted by Crippen LogP contribution is 2.38. The highest BCUT2D eigenvalue weighted by atomic mass is 16.5. The highest BCUT2D eigenvalue weighted by molar-refractivity contribution is 6.01. The Balaban J connectivity index is 1.57. The lowest BCUT2D eigenvalue weighted by Gasteiger charge is -2.33. The van der Waals surface area contributed by atoms with Crippen molar-refractivity contribution < 1.29 is 14.3 Å². The molecule has 0 radical (unpaired) electrons. The molecule has 0 aromatic heterocycles. The molecule has 0 fully saturated rings. The molecule has 0 aliphatic carbocycles. The molecule has 2 aromatic carbocycles. The Morgan fingerprint density at radius 3 is 2.54 bits per heavy atom. The molecule has 2 aromatic rings. The molecule has 0 bridgehead atoms. The van der Waals surface area contributed by atoms with Crippen LogP contribution in [0.25, 0.3) is 0 Å². The molecule has 7 heteroatoms. The van der Waals surface area contributed by atoms with Gasteiger partial charge in [-0.25, -0.2) is 4.79 Å². The van der Waals surface area contributed by atoms with Gasteiger partial charge in [0.2, 0.25) is 0 Å². The Morgan fingerprint density at radius 2 is 1.84 bits per heavy atom. The van der Waals surface area contributed by atoms with Crippen molar-refractivity contribution in [2.45, 2.75) is 45.7 Å². The van der Waals surface area contributed by atoms with Crippen molar-refractivity contribution in [2.75, 3.05) is 32.7 Å². The molecule has 2 aliphatic rings. The first-order chi connectivity index (χ1) is 18.0. The predicted molar refractivity (Wildman–Crippen MR) is 146 cm³/mol. The summed E-state index contributed by atoms with van der Waals surface area (Å²) in [6, 6.07) is 16.5. The molecule has 0 spiro atoms. The Kier molecular flexibility index (Phi) is 8.66. The first kappa shape index (κ1) is 26.5. The van der Waals surface area contributed by atoms with Gasteiger partial charge in [0.25, 0.3) is 5.91 Å². The number of hydrogen-bond donors (Lipinski definition) is 1. The number of benzene rings is 2. The summed E-state index contributed by atoms with van der Waals surface area (Å²) in [6.45, 7) is 14.1. The molecule has 3 amide bonds. The van der Waals surface area contributed by atoms with E-state index in [1.165, 1.54) is 0 Å². The zero-order chi connectivity index (χ0) is 26.4. The summed E-state index contributed by atoms with van der Waals surface area (Å²) < 4.78 is 6.02. The molecule has 196 valence electrons. The number of amides is 3. The number of para-hydroxylation sites is 1. The third-order valence-corrected chi connectivity index (χ3v) is 7.25. The first-order valence-electron chi connectivity index (χ1n) is 13.2. The van der Waals surface area contributed by atoms with Crippen molar-refractivity contribution in [1.82, 2.24) is 20.0 Å². The fourth-order valence-electron chi connectivity index (χ4n) is 5.13. The summed E-state index contributed by atoms with van der Waals surface area (Å²) in [5, 5.41) is 3.06. The van der Waals surface area contributed by atoms with Crippen LogP contribution in [-0.2, 0) is 4.79 Å². The number of carbonyl (C=O) groups excluding carboxylic acids is 2. The number of hydrogen-bond acceptors (Lipinski definition) is 4. The van der Waals surface area contributed by atoms with Crippen molar-refractivity contribution in [2.24, 2.45) is 0 Å². The van der Waals surface area contributed by atoms with Gasteiger partial charge in [-0.2, -0.15) is 0 Å². The van der Waals surface area contributed by atoms with Crippen LogP contribution in [0, 0.1) is 0 Å². The molecular weight excluding hydrogens is 464 g/mol. The van der Waals surface area contributed by atoms with Crippen LogP contribution in [0.5, 0.6) is 11.5 Å². The molecular formula is C30H38N4O3.